The van der Waals surface area contributed by atoms with E-state index in [-0.39, 0.29) is 11.7 Å². The van der Waals surface area contributed by atoms with Crippen molar-refractivity contribution in [3.8, 4) is 11.3 Å². The van der Waals surface area contributed by atoms with Gasteiger partial charge in [0, 0.05) is 35.8 Å². The fourth-order valence-electron chi connectivity index (χ4n) is 4.93. The molecule has 0 spiro atoms. The number of H-pyrrole nitrogens is 1. The van der Waals surface area contributed by atoms with Crippen LogP contribution in [0.1, 0.15) is 37.4 Å². The fraction of sp³-hybridized carbons (Fsp3) is 0.280. The standard InChI is InChI=1S/C25H25N7O/c1-15-18-12-16(10-11-20(18)30-29-15)19-8-5-9-23(27-19)28-24-13-21-22(14-26-24)31(2)25(33)32(21)17-6-3-4-7-17/h5,8-14,17H,3-4,6-7H2,1-2H3,(H,29,30)(H,26,27,28). The summed E-state index contributed by atoms with van der Waals surface area (Å²) in [6, 6.07) is 14.3. The molecule has 0 amide bonds. The first-order valence-electron chi connectivity index (χ1n) is 11.3. The molecule has 1 aromatic carbocycles. The lowest BCUT2D eigenvalue weighted by atomic mass is 10.1. The van der Waals surface area contributed by atoms with Crippen molar-refractivity contribution < 1.29 is 0 Å². The molecule has 4 aromatic heterocycles. The number of benzene rings is 1. The Kier molecular flexibility index (Phi) is 4.53. The highest BCUT2D eigenvalue weighted by Crippen LogP contribution is 2.32. The summed E-state index contributed by atoms with van der Waals surface area (Å²) in [7, 11) is 1.81. The van der Waals surface area contributed by atoms with Gasteiger partial charge in [-0.05, 0) is 44.0 Å². The number of fused-ring (bicyclic) bond motifs is 2. The van der Waals surface area contributed by atoms with Crippen molar-refractivity contribution in [1.82, 2.24) is 29.3 Å². The van der Waals surface area contributed by atoms with Gasteiger partial charge in [0.15, 0.2) is 0 Å². The molecular weight excluding hydrogens is 414 g/mol. The number of aromatic amines is 1. The molecule has 4 heterocycles. The summed E-state index contributed by atoms with van der Waals surface area (Å²) >= 11 is 0. The second-order valence-corrected chi connectivity index (χ2v) is 8.82. The number of imidazole rings is 1. The number of aromatic nitrogens is 6. The third kappa shape index (κ3) is 3.29. The molecule has 1 fully saturated rings. The average Bonchev–Trinajstić information content (AvgIpc) is 3.54. The molecule has 6 rings (SSSR count). The van der Waals surface area contributed by atoms with Gasteiger partial charge in [0.05, 0.1) is 28.4 Å². The lowest BCUT2D eigenvalue weighted by molar-refractivity contribution is 0.509. The van der Waals surface area contributed by atoms with Crippen molar-refractivity contribution >= 4 is 33.6 Å². The SMILES string of the molecule is Cc1[nH]nc2ccc(-c3cccc(Nc4cc5c(cn4)n(C)c(=O)n5C4CCCC4)n3)cc12. The van der Waals surface area contributed by atoms with Crippen molar-refractivity contribution in [2.75, 3.05) is 5.32 Å². The van der Waals surface area contributed by atoms with E-state index in [0.717, 1.165) is 51.7 Å². The maximum absolute atomic E-state index is 12.9. The van der Waals surface area contributed by atoms with E-state index >= 15 is 0 Å². The van der Waals surface area contributed by atoms with Crippen LogP contribution in [-0.2, 0) is 7.05 Å². The normalized spacial score (nSPS) is 14.5. The number of pyridine rings is 2. The van der Waals surface area contributed by atoms with Gasteiger partial charge in [-0.15, -0.1) is 0 Å². The van der Waals surface area contributed by atoms with Crippen molar-refractivity contribution in [3.63, 3.8) is 0 Å². The molecule has 5 aromatic rings. The third-order valence-corrected chi connectivity index (χ3v) is 6.71. The topological polar surface area (TPSA) is 93.4 Å². The second-order valence-electron chi connectivity index (χ2n) is 8.82. The van der Waals surface area contributed by atoms with Crippen LogP contribution in [0.5, 0.6) is 0 Å². The Morgan fingerprint density at radius 3 is 2.76 bits per heavy atom. The Labute approximate surface area is 190 Å². The smallest absolute Gasteiger partial charge is 0.325 e. The predicted molar refractivity (Wildman–Crippen MR) is 130 cm³/mol. The van der Waals surface area contributed by atoms with Gasteiger partial charge in [-0.25, -0.2) is 14.8 Å². The van der Waals surface area contributed by atoms with Crippen molar-refractivity contribution in [2.24, 2.45) is 7.05 Å². The summed E-state index contributed by atoms with van der Waals surface area (Å²) in [4.78, 5) is 22.3. The number of hydrogen-bond donors (Lipinski definition) is 2. The zero-order chi connectivity index (χ0) is 22.5. The molecule has 0 aliphatic heterocycles. The van der Waals surface area contributed by atoms with Crippen LogP contribution in [0.25, 0.3) is 33.2 Å². The third-order valence-electron chi connectivity index (χ3n) is 6.71. The summed E-state index contributed by atoms with van der Waals surface area (Å²) in [5.74, 6) is 1.37. The van der Waals surface area contributed by atoms with E-state index < -0.39 is 0 Å². The minimum absolute atomic E-state index is 0.0286. The first kappa shape index (κ1) is 19.7. The molecule has 33 heavy (non-hydrogen) atoms. The van der Waals surface area contributed by atoms with Gasteiger partial charge in [0.25, 0.3) is 0 Å². The number of anilines is 2. The Balaban J connectivity index is 1.36. The first-order valence-corrected chi connectivity index (χ1v) is 11.3. The quantitative estimate of drug-likeness (QED) is 0.418. The molecule has 0 atom stereocenters. The van der Waals surface area contributed by atoms with Gasteiger partial charge in [0.2, 0.25) is 0 Å². The van der Waals surface area contributed by atoms with Crippen LogP contribution in [0.15, 0.2) is 53.5 Å². The number of rotatable bonds is 4. The number of hydrogen-bond acceptors (Lipinski definition) is 5. The summed E-state index contributed by atoms with van der Waals surface area (Å²) < 4.78 is 3.64. The highest BCUT2D eigenvalue weighted by atomic mass is 16.1. The largest absolute Gasteiger partial charge is 0.329 e. The van der Waals surface area contributed by atoms with E-state index in [0.29, 0.717) is 11.6 Å². The Hall–Kier alpha value is -3.94. The van der Waals surface area contributed by atoms with Gasteiger partial charge in [-0.2, -0.15) is 5.10 Å². The van der Waals surface area contributed by atoms with Crippen LogP contribution in [0.4, 0.5) is 11.6 Å². The van der Waals surface area contributed by atoms with E-state index in [4.69, 9.17) is 4.98 Å². The van der Waals surface area contributed by atoms with Gasteiger partial charge in [-0.3, -0.25) is 14.2 Å². The maximum Gasteiger partial charge on any atom is 0.329 e. The van der Waals surface area contributed by atoms with Gasteiger partial charge < -0.3 is 5.32 Å². The molecule has 0 unspecified atom stereocenters. The maximum atomic E-state index is 12.9. The fourth-order valence-corrected chi connectivity index (χ4v) is 4.93. The lowest BCUT2D eigenvalue weighted by Crippen LogP contribution is -2.24. The molecule has 8 nitrogen and oxygen atoms in total. The number of nitrogens with one attached hydrogen (secondary N) is 2. The molecule has 0 radical (unpaired) electrons. The van der Waals surface area contributed by atoms with E-state index in [1.807, 2.05) is 54.9 Å². The van der Waals surface area contributed by atoms with Crippen LogP contribution in [0.2, 0.25) is 0 Å². The minimum Gasteiger partial charge on any atom is -0.325 e. The van der Waals surface area contributed by atoms with Crippen molar-refractivity contribution in [2.45, 2.75) is 38.6 Å². The summed E-state index contributed by atoms with van der Waals surface area (Å²) in [6.07, 6.45) is 6.21. The van der Waals surface area contributed by atoms with Crippen LogP contribution in [-0.4, -0.2) is 29.3 Å². The Bertz CT molecular complexity index is 1550. The zero-order valence-electron chi connectivity index (χ0n) is 18.7. The predicted octanol–water partition coefficient (Wildman–Crippen LogP) is 4.84. The summed E-state index contributed by atoms with van der Waals surface area (Å²) in [5, 5.41) is 11.8. The van der Waals surface area contributed by atoms with E-state index in [1.165, 1.54) is 12.8 Å². The Morgan fingerprint density at radius 1 is 1.06 bits per heavy atom. The molecule has 1 saturated carbocycles. The van der Waals surface area contributed by atoms with E-state index in [1.54, 1.807) is 10.8 Å². The van der Waals surface area contributed by atoms with Gasteiger partial charge in [0.1, 0.15) is 11.6 Å². The molecule has 0 bridgehead atoms. The molecular formula is C25H25N7O. The van der Waals surface area contributed by atoms with Crippen molar-refractivity contribution in [3.05, 3.63) is 64.8 Å². The highest BCUT2D eigenvalue weighted by molar-refractivity contribution is 5.86. The summed E-state index contributed by atoms with van der Waals surface area (Å²) in [5.41, 5.74) is 5.67. The van der Waals surface area contributed by atoms with E-state index in [2.05, 4.69) is 26.6 Å². The van der Waals surface area contributed by atoms with Crippen LogP contribution >= 0.6 is 0 Å². The zero-order valence-corrected chi connectivity index (χ0v) is 18.7. The van der Waals surface area contributed by atoms with Gasteiger partial charge >= 0.3 is 5.69 Å². The molecule has 0 saturated heterocycles. The minimum atomic E-state index is 0.0286. The van der Waals surface area contributed by atoms with Crippen LogP contribution in [0, 0.1) is 6.92 Å². The molecule has 1 aliphatic carbocycles. The number of nitrogens with zero attached hydrogens (tertiary/aromatic N) is 5. The molecule has 8 heteroatoms. The van der Waals surface area contributed by atoms with E-state index in [9.17, 15) is 4.79 Å². The lowest BCUT2D eigenvalue weighted by Gasteiger charge is -2.12. The molecule has 166 valence electrons. The summed E-state index contributed by atoms with van der Waals surface area (Å²) in [6.45, 7) is 2.01. The number of aryl methyl sites for hydroxylation is 2. The van der Waals surface area contributed by atoms with Crippen molar-refractivity contribution in [1.29, 1.82) is 0 Å². The van der Waals surface area contributed by atoms with Crippen LogP contribution in [0.3, 0.4) is 0 Å². The second kappa shape index (κ2) is 7.58. The van der Waals surface area contributed by atoms with Crippen LogP contribution < -0.4 is 11.0 Å². The Morgan fingerprint density at radius 2 is 1.91 bits per heavy atom. The first-order chi connectivity index (χ1) is 16.1. The highest BCUT2D eigenvalue weighted by Gasteiger charge is 2.23. The monoisotopic (exact) mass is 439 g/mol. The molecule has 1 aliphatic rings. The molecule has 2 N–H and O–H groups in total. The van der Waals surface area contributed by atoms with Gasteiger partial charge in [-0.1, -0.05) is 25.0 Å². The average molecular weight is 440 g/mol.